The van der Waals surface area contributed by atoms with Gasteiger partial charge in [0.05, 0.1) is 0 Å². The van der Waals surface area contributed by atoms with Crippen LogP contribution in [0.15, 0.2) is 29.0 Å². The van der Waals surface area contributed by atoms with Gasteiger partial charge >= 0.3 is 0 Å². The van der Waals surface area contributed by atoms with E-state index in [1.165, 1.54) is 31.3 Å². The molecular formula is C16H18N2OS. The molecule has 1 atom stereocenters. The summed E-state index contributed by atoms with van der Waals surface area (Å²) in [4.78, 5) is 14.9. The van der Waals surface area contributed by atoms with E-state index in [2.05, 4.69) is 21.0 Å². The number of carbonyl (C=O) groups is 1. The van der Waals surface area contributed by atoms with E-state index >= 15 is 0 Å². The Hall–Kier alpha value is -1.39. The van der Waals surface area contributed by atoms with Gasteiger partial charge in [0.2, 0.25) is 0 Å². The van der Waals surface area contributed by atoms with E-state index in [1.54, 1.807) is 11.3 Å². The maximum Gasteiger partial charge on any atom is 0.251 e. The summed E-state index contributed by atoms with van der Waals surface area (Å²) in [5.74, 6) is 0.755. The molecule has 3 nitrogen and oxygen atoms in total. The molecule has 0 aliphatic carbocycles. The number of amides is 1. The van der Waals surface area contributed by atoms with Crippen LogP contribution < -0.4 is 5.32 Å². The minimum Gasteiger partial charge on any atom is -0.348 e. The van der Waals surface area contributed by atoms with Crippen molar-refractivity contribution in [2.75, 3.05) is 19.6 Å². The summed E-state index contributed by atoms with van der Waals surface area (Å²) in [6.45, 7) is 3.44. The molecule has 3 saturated heterocycles. The zero-order chi connectivity index (χ0) is 13.5. The van der Waals surface area contributed by atoms with Crippen LogP contribution in [0.5, 0.6) is 0 Å². The Morgan fingerprint density at radius 1 is 1.20 bits per heavy atom. The number of nitrogens with zero attached hydrogens (tertiary/aromatic N) is 1. The van der Waals surface area contributed by atoms with Crippen LogP contribution in [0.25, 0.3) is 10.8 Å². The molecule has 1 unspecified atom stereocenters. The second kappa shape index (κ2) is 4.86. The van der Waals surface area contributed by atoms with Crippen molar-refractivity contribution in [2.24, 2.45) is 5.92 Å². The molecule has 3 fully saturated rings. The van der Waals surface area contributed by atoms with E-state index in [4.69, 9.17) is 0 Å². The highest BCUT2D eigenvalue weighted by atomic mass is 32.1. The summed E-state index contributed by atoms with van der Waals surface area (Å²) < 4.78 is 0. The molecule has 5 rings (SSSR count). The van der Waals surface area contributed by atoms with Crippen molar-refractivity contribution in [2.45, 2.75) is 18.9 Å². The van der Waals surface area contributed by atoms with E-state index in [1.807, 2.05) is 18.2 Å². The Bertz CT molecular complexity index is 643. The molecule has 1 aromatic carbocycles. The molecule has 3 aliphatic heterocycles. The number of benzene rings is 1. The molecule has 0 spiro atoms. The third-order valence-corrected chi connectivity index (χ3v) is 5.49. The second-order valence-electron chi connectivity index (χ2n) is 5.93. The molecule has 20 heavy (non-hydrogen) atoms. The highest BCUT2D eigenvalue weighted by molar-refractivity contribution is 7.09. The van der Waals surface area contributed by atoms with Crippen molar-refractivity contribution in [3.05, 3.63) is 34.5 Å². The lowest BCUT2D eigenvalue weighted by Gasteiger charge is -2.44. The summed E-state index contributed by atoms with van der Waals surface area (Å²) >= 11 is 1.68. The number of nitrogens with one attached hydrogen (secondary N) is 1. The van der Waals surface area contributed by atoms with E-state index in [9.17, 15) is 4.79 Å². The van der Waals surface area contributed by atoms with Gasteiger partial charge in [-0.1, -0.05) is 6.07 Å². The Morgan fingerprint density at radius 3 is 2.75 bits per heavy atom. The van der Waals surface area contributed by atoms with Crippen LogP contribution in [0.1, 0.15) is 23.2 Å². The normalized spacial score (nSPS) is 28.7. The summed E-state index contributed by atoms with van der Waals surface area (Å²) in [5.41, 5.74) is 0.785. The minimum absolute atomic E-state index is 0.0804. The first-order valence-corrected chi connectivity index (χ1v) is 8.23. The van der Waals surface area contributed by atoms with E-state index < -0.39 is 0 Å². The fourth-order valence-electron chi connectivity index (χ4n) is 3.49. The van der Waals surface area contributed by atoms with Crippen molar-refractivity contribution < 1.29 is 4.79 Å². The SMILES string of the molecule is O=C(NC1CN2CCC1CC2)c1ccc2cscc2c1. The van der Waals surface area contributed by atoms with Crippen molar-refractivity contribution >= 4 is 28.0 Å². The van der Waals surface area contributed by atoms with Gasteiger partial charge in [-0.2, -0.15) is 11.3 Å². The van der Waals surface area contributed by atoms with Gasteiger partial charge < -0.3 is 10.2 Å². The van der Waals surface area contributed by atoms with Crippen LogP contribution in [-0.2, 0) is 0 Å². The summed E-state index contributed by atoms with van der Waals surface area (Å²) in [6.07, 6.45) is 2.46. The van der Waals surface area contributed by atoms with Crippen molar-refractivity contribution in [1.29, 1.82) is 0 Å². The first-order chi connectivity index (χ1) is 9.79. The number of carbonyl (C=O) groups excluding carboxylic acids is 1. The van der Waals surface area contributed by atoms with Gasteiger partial charge in [0.1, 0.15) is 0 Å². The highest BCUT2D eigenvalue weighted by Gasteiger charge is 2.34. The number of piperidine rings is 3. The lowest BCUT2D eigenvalue weighted by molar-refractivity contribution is 0.0620. The van der Waals surface area contributed by atoms with Crippen molar-refractivity contribution in [3.63, 3.8) is 0 Å². The Labute approximate surface area is 122 Å². The molecule has 4 heterocycles. The van der Waals surface area contributed by atoms with E-state index in [-0.39, 0.29) is 5.91 Å². The third kappa shape index (κ3) is 2.13. The van der Waals surface area contributed by atoms with Gasteiger partial charge in [0, 0.05) is 18.2 Å². The largest absolute Gasteiger partial charge is 0.348 e. The molecule has 0 saturated carbocycles. The lowest BCUT2D eigenvalue weighted by Crippen LogP contribution is -2.57. The monoisotopic (exact) mass is 286 g/mol. The van der Waals surface area contributed by atoms with Crippen LogP contribution in [-0.4, -0.2) is 36.5 Å². The molecule has 4 heteroatoms. The third-order valence-electron chi connectivity index (χ3n) is 4.71. The van der Waals surface area contributed by atoms with Crippen molar-refractivity contribution in [3.8, 4) is 0 Å². The van der Waals surface area contributed by atoms with E-state index in [0.717, 1.165) is 17.5 Å². The molecule has 2 bridgehead atoms. The van der Waals surface area contributed by atoms with Crippen LogP contribution >= 0.6 is 11.3 Å². The standard InChI is InChI=1S/C16H18N2OS/c19-16(12-1-2-13-9-20-10-14(13)7-12)17-15-8-18-5-3-11(15)4-6-18/h1-2,7,9-11,15H,3-6,8H2,(H,17,19). The molecule has 1 amide bonds. The Kier molecular flexibility index (Phi) is 3.00. The average Bonchev–Trinajstić information content (AvgIpc) is 2.96. The van der Waals surface area contributed by atoms with Gasteiger partial charge in [-0.3, -0.25) is 4.79 Å². The second-order valence-corrected chi connectivity index (χ2v) is 6.68. The number of hydrogen-bond donors (Lipinski definition) is 1. The van der Waals surface area contributed by atoms with Gasteiger partial charge in [0.15, 0.2) is 0 Å². The highest BCUT2D eigenvalue weighted by Crippen LogP contribution is 2.28. The fraction of sp³-hybridized carbons (Fsp3) is 0.438. The first kappa shape index (κ1) is 12.4. The molecule has 2 aromatic rings. The van der Waals surface area contributed by atoms with Gasteiger partial charge in [-0.15, -0.1) is 0 Å². The maximum absolute atomic E-state index is 12.4. The predicted molar refractivity (Wildman–Crippen MR) is 82.2 cm³/mol. The van der Waals surface area contributed by atoms with Crippen LogP contribution in [0.2, 0.25) is 0 Å². The fourth-order valence-corrected chi connectivity index (χ4v) is 4.27. The van der Waals surface area contributed by atoms with Gasteiger partial charge in [0.25, 0.3) is 5.91 Å². The van der Waals surface area contributed by atoms with E-state index in [0.29, 0.717) is 12.0 Å². The smallest absolute Gasteiger partial charge is 0.251 e. The Balaban J connectivity index is 1.52. The van der Waals surface area contributed by atoms with Gasteiger partial charge in [-0.05, 0) is 65.5 Å². The molecule has 104 valence electrons. The minimum atomic E-state index is 0.0804. The number of rotatable bonds is 2. The van der Waals surface area contributed by atoms with Crippen molar-refractivity contribution in [1.82, 2.24) is 10.2 Å². The van der Waals surface area contributed by atoms with Crippen LogP contribution in [0.4, 0.5) is 0 Å². The molecule has 1 N–H and O–H groups in total. The Morgan fingerprint density at radius 2 is 2.00 bits per heavy atom. The molecule has 0 radical (unpaired) electrons. The average molecular weight is 286 g/mol. The summed E-state index contributed by atoms with van der Waals surface area (Å²) in [6, 6.07) is 6.31. The van der Waals surface area contributed by atoms with Gasteiger partial charge in [-0.25, -0.2) is 0 Å². The zero-order valence-electron chi connectivity index (χ0n) is 11.3. The predicted octanol–water partition coefficient (Wildman–Crippen LogP) is 2.73. The topological polar surface area (TPSA) is 32.3 Å². The number of thiophene rings is 1. The molecular weight excluding hydrogens is 268 g/mol. The summed E-state index contributed by atoms with van der Waals surface area (Å²) in [7, 11) is 0. The lowest BCUT2D eigenvalue weighted by atomic mass is 9.84. The zero-order valence-corrected chi connectivity index (χ0v) is 12.2. The molecule has 3 aliphatic rings. The maximum atomic E-state index is 12.4. The number of fused-ring (bicyclic) bond motifs is 4. The number of hydrogen-bond acceptors (Lipinski definition) is 3. The molecule has 1 aromatic heterocycles. The van der Waals surface area contributed by atoms with Crippen LogP contribution in [0, 0.1) is 5.92 Å². The summed E-state index contributed by atoms with van der Waals surface area (Å²) in [5, 5.41) is 9.84. The quantitative estimate of drug-likeness (QED) is 0.920. The van der Waals surface area contributed by atoms with Crippen LogP contribution in [0.3, 0.4) is 0 Å². The first-order valence-electron chi connectivity index (χ1n) is 7.29.